The molecule has 1 aromatic rings. The SMILES string of the molecule is Cc1ccc(CN(C)C(=O)[C@@H]2CC[C@H](CN)O2)cc1. The van der Waals surface area contributed by atoms with E-state index in [4.69, 9.17) is 10.5 Å². The van der Waals surface area contributed by atoms with E-state index in [0.717, 1.165) is 18.4 Å². The summed E-state index contributed by atoms with van der Waals surface area (Å²) in [6, 6.07) is 8.23. The number of hydrogen-bond donors (Lipinski definition) is 1. The Labute approximate surface area is 114 Å². The minimum absolute atomic E-state index is 0.0433. The van der Waals surface area contributed by atoms with Crippen molar-refractivity contribution in [3.8, 4) is 0 Å². The van der Waals surface area contributed by atoms with E-state index < -0.39 is 0 Å². The second-order valence-electron chi connectivity index (χ2n) is 5.24. The molecule has 0 aromatic heterocycles. The largest absolute Gasteiger partial charge is 0.364 e. The first-order valence-corrected chi connectivity index (χ1v) is 6.76. The fourth-order valence-corrected chi connectivity index (χ4v) is 2.35. The van der Waals surface area contributed by atoms with Crippen molar-refractivity contribution in [2.45, 2.75) is 38.5 Å². The van der Waals surface area contributed by atoms with Gasteiger partial charge in [0.05, 0.1) is 6.10 Å². The lowest BCUT2D eigenvalue weighted by Crippen LogP contribution is -2.36. The number of nitrogens with zero attached hydrogens (tertiary/aromatic N) is 1. The van der Waals surface area contributed by atoms with Crippen molar-refractivity contribution in [2.24, 2.45) is 5.73 Å². The van der Waals surface area contributed by atoms with Crippen LogP contribution in [0.3, 0.4) is 0 Å². The van der Waals surface area contributed by atoms with Gasteiger partial charge in [-0.2, -0.15) is 0 Å². The minimum Gasteiger partial charge on any atom is -0.364 e. The first-order chi connectivity index (χ1) is 9.10. The van der Waals surface area contributed by atoms with Crippen LogP contribution >= 0.6 is 0 Å². The molecule has 0 radical (unpaired) electrons. The topological polar surface area (TPSA) is 55.6 Å². The van der Waals surface area contributed by atoms with Crippen LogP contribution in [0.5, 0.6) is 0 Å². The van der Waals surface area contributed by atoms with Gasteiger partial charge >= 0.3 is 0 Å². The normalized spacial score (nSPS) is 22.5. The molecule has 1 amide bonds. The van der Waals surface area contributed by atoms with Crippen molar-refractivity contribution < 1.29 is 9.53 Å². The van der Waals surface area contributed by atoms with Gasteiger partial charge in [0.2, 0.25) is 0 Å². The van der Waals surface area contributed by atoms with Crippen molar-refractivity contribution in [2.75, 3.05) is 13.6 Å². The molecule has 104 valence electrons. The maximum Gasteiger partial charge on any atom is 0.251 e. The zero-order chi connectivity index (χ0) is 13.8. The van der Waals surface area contributed by atoms with E-state index in [-0.39, 0.29) is 18.1 Å². The Morgan fingerprint density at radius 1 is 1.37 bits per heavy atom. The number of rotatable bonds is 4. The maximum atomic E-state index is 12.2. The first-order valence-electron chi connectivity index (χ1n) is 6.76. The van der Waals surface area contributed by atoms with E-state index >= 15 is 0 Å². The van der Waals surface area contributed by atoms with Gasteiger partial charge in [0, 0.05) is 20.1 Å². The molecule has 0 bridgehead atoms. The maximum absolute atomic E-state index is 12.2. The quantitative estimate of drug-likeness (QED) is 0.893. The monoisotopic (exact) mass is 262 g/mol. The molecule has 0 unspecified atom stereocenters. The van der Waals surface area contributed by atoms with Crippen molar-refractivity contribution in [1.82, 2.24) is 4.90 Å². The molecule has 0 aliphatic carbocycles. The molecule has 0 spiro atoms. The summed E-state index contributed by atoms with van der Waals surface area (Å²) in [4.78, 5) is 14.0. The van der Waals surface area contributed by atoms with E-state index in [1.807, 2.05) is 7.05 Å². The van der Waals surface area contributed by atoms with E-state index in [9.17, 15) is 4.79 Å². The molecule has 19 heavy (non-hydrogen) atoms. The third-order valence-electron chi connectivity index (χ3n) is 3.56. The van der Waals surface area contributed by atoms with E-state index in [1.54, 1.807) is 4.90 Å². The number of aryl methyl sites for hydroxylation is 1. The highest BCUT2D eigenvalue weighted by Gasteiger charge is 2.31. The molecule has 2 N–H and O–H groups in total. The molecule has 1 fully saturated rings. The highest BCUT2D eigenvalue weighted by Crippen LogP contribution is 2.21. The fourth-order valence-electron chi connectivity index (χ4n) is 2.35. The third kappa shape index (κ3) is 3.55. The molecule has 2 rings (SSSR count). The van der Waals surface area contributed by atoms with E-state index in [2.05, 4.69) is 31.2 Å². The number of hydrogen-bond acceptors (Lipinski definition) is 3. The van der Waals surface area contributed by atoms with Gasteiger partial charge in [-0.25, -0.2) is 0 Å². The molecular weight excluding hydrogens is 240 g/mol. The first kappa shape index (κ1) is 14.0. The highest BCUT2D eigenvalue weighted by atomic mass is 16.5. The van der Waals surface area contributed by atoms with Crippen LogP contribution in [0.1, 0.15) is 24.0 Å². The van der Waals surface area contributed by atoms with Gasteiger partial charge in [-0.15, -0.1) is 0 Å². The molecular formula is C15H22N2O2. The number of likely N-dealkylation sites (N-methyl/N-ethyl adjacent to an activating group) is 1. The number of carbonyl (C=O) groups excluding carboxylic acids is 1. The predicted octanol–water partition coefficient (Wildman–Crippen LogP) is 1.46. The second kappa shape index (κ2) is 6.17. The molecule has 4 heteroatoms. The smallest absolute Gasteiger partial charge is 0.251 e. The van der Waals surface area contributed by atoms with Crippen LogP contribution in [-0.4, -0.2) is 36.6 Å². The average molecular weight is 262 g/mol. The molecule has 1 heterocycles. The Balaban J connectivity index is 1.91. The van der Waals surface area contributed by atoms with Crippen LogP contribution in [0, 0.1) is 6.92 Å². The summed E-state index contributed by atoms with van der Waals surface area (Å²) in [5, 5.41) is 0. The van der Waals surface area contributed by atoms with Gasteiger partial charge in [0.25, 0.3) is 5.91 Å². The van der Waals surface area contributed by atoms with Crippen LogP contribution in [0.15, 0.2) is 24.3 Å². The Morgan fingerprint density at radius 3 is 2.63 bits per heavy atom. The van der Waals surface area contributed by atoms with Gasteiger partial charge in [0.15, 0.2) is 0 Å². The zero-order valence-electron chi connectivity index (χ0n) is 11.6. The summed E-state index contributed by atoms with van der Waals surface area (Å²) in [5.41, 5.74) is 7.92. The molecule has 1 aromatic carbocycles. The number of amides is 1. The lowest BCUT2D eigenvalue weighted by Gasteiger charge is -2.21. The van der Waals surface area contributed by atoms with E-state index in [1.165, 1.54) is 5.56 Å². The number of ether oxygens (including phenoxy) is 1. The van der Waals surface area contributed by atoms with Crippen LogP contribution in [-0.2, 0) is 16.1 Å². The lowest BCUT2D eigenvalue weighted by molar-refractivity contribution is -0.141. The molecule has 1 aliphatic heterocycles. The Hall–Kier alpha value is -1.39. The standard InChI is InChI=1S/C15H22N2O2/c1-11-3-5-12(6-4-11)10-17(2)15(18)14-8-7-13(9-16)19-14/h3-6,13-14H,7-10,16H2,1-2H3/t13-,14+/m1/s1. The third-order valence-corrected chi connectivity index (χ3v) is 3.56. The average Bonchev–Trinajstić information content (AvgIpc) is 2.89. The van der Waals surface area contributed by atoms with E-state index in [0.29, 0.717) is 13.1 Å². The Bertz CT molecular complexity index is 430. The van der Waals surface area contributed by atoms with Gasteiger partial charge in [-0.3, -0.25) is 4.79 Å². The van der Waals surface area contributed by atoms with Gasteiger partial charge in [-0.1, -0.05) is 29.8 Å². The summed E-state index contributed by atoms with van der Waals surface area (Å²) in [5.74, 6) is 0.0523. The minimum atomic E-state index is -0.316. The molecule has 0 saturated carbocycles. The Morgan fingerprint density at radius 2 is 2.05 bits per heavy atom. The summed E-state index contributed by atoms with van der Waals surface area (Å²) < 4.78 is 5.63. The van der Waals surface area contributed by atoms with Crippen LogP contribution < -0.4 is 5.73 Å². The molecule has 1 aliphatic rings. The zero-order valence-corrected chi connectivity index (χ0v) is 11.6. The van der Waals surface area contributed by atoms with Crippen LogP contribution in [0.25, 0.3) is 0 Å². The van der Waals surface area contributed by atoms with Crippen molar-refractivity contribution >= 4 is 5.91 Å². The van der Waals surface area contributed by atoms with Crippen molar-refractivity contribution in [1.29, 1.82) is 0 Å². The molecule has 1 saturated heterocycles. The molecule has 2 atom stereocenters. The van der Waals surface area contributed by atoms with Crippen molar-refractivity contribution in [3.63, 3.8) is 0 Å². The highest BCUT2D eigenvalue weighted by molar-refractivity contribution is 5.81. The van der Waals surface area contributed by atoms with Gasteiger partial charge in [-0.05, 0) is 25.3 Å². The summed E-state index contributed by atoms with van der Waals surface area (Å²) in [7, 11) is 1.82. The van der Waals surface area contributed by atoms with Crippen LogP contribution in [0.4, 0.5) is 0 Å². The Kier molecular flexibility index (Phi) is 4.56. The fraction of sp³-hybridized carbons (Fsp3) is 0.533. The van der Waals surface area contributed by atoms with Crippen molar-refractivity contribution in [3.05, 3.63) is 35.4 Å². The summed E-state index contributed by atoms with van der Waals surface area (Å²) in [6.07, 6.45) is 1.38. The second-order valence-corrected chi connectivity index (χ2v) is 5.24. The van der Waals surface area contributed by atoms with Crippen LogP contribution in [0.2, 0.25) is 0 Å². The lowest BCUT2D eigenvalue weighted by atomic mass is 10.1. The summed E-state index contributed by atoms with van der Waals surface area (Å²) in [6.45, 7) is 3.16. The molecule has 4 nitrogen and oxygen atoms in total. The van der Waals surface area contributed by atoms with Gasteiger partial charge < -0.3 is 15.4 Å². The number of nitrogens with two attached hydrogens (primary N) is 1. The summed E-state index contributed by atoms with van der Waals surface area (Å²) >= 11 is 0. The number of benzene rings is 1. The number of carbonyl (C=O) groups is 1. The van der Waals surface area contributed by atoms with Gasteiger partial charge in [0.1, 0.15) is 6.10 Å². The predicted molar refractivity (Wildman–Crippen MR) is 74.6 cm³/mol.